The molecule has 0 radical (unpaired) electrons. The monoisotopic (exact) mass is 234 g/mol. The second kappa shape index (κ2) is 5.54. The molecule has 0 bridgehead atoms. The Morgan fingerprint density at radius 2 is 2.24 bits per heavy atom. The molecule has 1 aromatic rings. The molecule has 2 nitrogen and oxygen atoms in total. The van der Waals surface area contributed by atoms with Gasteiger partial charge in [-0.05, 0) is 42.9 Å². The van der Waals surface area contributed by atoms with E-state index in [2.05, 4.69) is 39.0 Å². The Morgan fingerprint density at radius 3 is 2.82 bits per heavy atom. The van der Waals surface area contributed by atoms with E-state index in [-0.39, 0.29) is 0 Å². The van der Waals surface area contributed by atoms with Crippen LogP contribution in [-0.2, 0) is 4.74 Å². The van der Waals surface area contributed by atoms with Crippen molar-refractivity contribution in [3.05, 3.63) is 29.3 Å². The molecule has 0 saturated carbocycles. The van der Waals surface area contributed by atoms with Gasteiger partial charge in [-0.15, -0.1) is 0 Å². The average Bonchev–Trinajstić information content (AvgIpc) is 2.80. The third-order valence-electron chi connectivity index (χ3n) is 3.31. The zero-order valence-corrected chi connectivity index (χ0v) is 11.0. The van der Waals surface area contributed by atoms with Gasteiger partial charge in [0, 0.05) is 6.61 Å². The second-order valence-electron chi connectivity index (χ2n) is 5.13. The fraction of sp³-hybridized carbons (Fsp3) is 0.600. The van der Waals surface area contributed by atoms with Crippen molar-refractivity contribution >= 4 is 0 Å². The summed E-state index contributed by atoms with van der Waals surface area (Å²) in [5.74, 6) is 1.56. The Balaban J connectivity index is 1.96. The molecule has 0 aliphatic carbocycles. The molecule has 1 atom stereocenters. The van der Waals surface area contributed by atoms with Gasteiger partial charge >= 0.3 is 0 Å². The van der Waals surface area contributed by atoms with Crippen molar-refractivity contribution in [2.45, 2.75) is 45.6 Å². The molecule has 0 N–H and O–H groups in total. The van der Waals surface area contributed by atoms with Crippen LogP contribution >= 0.6 is 0 Å². The fourth-order valence-electron chi connectivity index (χ4n) is 2.15. The summed E-state index contributed by atoms with van der Waals surface area (Å²) in [6.45, 7) is 8.10. The Labute approximate surface area is 104 Å². The maximum atomic E-state index is 5.83. The summed E-state index contributed by atoms with van der Waals surface area (Å²) in [4.78, 5) is 0. The lowest BCUT2D eigenvalue weighted by Gasteiger charge is -2.15. The van der Waals surface area contributed by atoms with E-state index in [1.807, 2.05) is 0 Å². The van der Waals surface area contributed by atoms with Crippen LogP contribution in [0, 0.1) is 6.92 Å². The first-order valence-electron chi connectivity index (χ1n) is 6.52. The van der Waals surface area contributed by atoms with Crippen LogP contribution in [0.3, 0.4) is 0 Å². The van der Waals surface area contributed by atoms with Gasteiger partial charge in [-0.2, -0.15) is 0 Å². The van der Waals surface area contributed by atoms with Gasteiger partial charge < -0.3 is 9.47 Å². The van der Waals surface area contributed by atoms with Gasteiger partial charge in [0.15, 0.2) is 0 Å². The summed E-state index contributed by atoms with van der Waals surface area (Å²) in [5.41, 5.74) is 2.58. The van der Waals surface area contributed by atoms with Crippen LogP contribution in [-0.4, -0.2) is 19.3 Å². The van der Waals surface area contributed by atoms with Crippen LogP contribution in [0.4, 0.5) is 0 Å². The van der Waals surface area contributed by atoms with Crippen molar-refractivity contribution in [1.29, 1.82) is 0 Å². The third kappa shape index (κ3) is 3.22. The molecule has 1 saturated heterocycles. The van der Waals surface area contributed by atoms with E-state index in [0.29, 0.717) is 18.6 Å². The predicted octanol–water partition coefficient (Wildman–Crippen LogP) is 3.68. The normalized spacial score (nSPS) is 19.9. The molecular weight excluding hydrogens is 212 g/mol. The largest absolute Gasteiger partial charge is 0.491 e. The molecular formula is C15H22O2. The molecule has 0 unspecified atom stereocenters. The molecule has 94 valence electrons. The minimum absolute atomic E-state index is 0.291. The highest BCUT2D eigenvalue weighted by Gasteiger charge is 2.16. The van der Waals surface area contributed by atoms with Crippen LogP contribution < -0.4 is 4.74 Å². The molecule has 1 aliphatic heterocycles. The summed E-state index contributed by atoms with van der Waals surface area (Å²) in [6, 6.07) is 6.46. The van der Waals surface area contributed by atoms with Crippen LogP contribution in [0.15, 0.2) is 18.2 Å². The lowest BCUT2D eigenvalue weighted by molar-refractivity contribution is 0.0677. The molecule has 2 rings (SSSR count). The molecule has 0 aromatic heterocycles. The predicted molar refractivity (Wildman–Crippen MR) is 69.7 cm³/mol. The highest BCUT2D eigenvalue weighted by atomic mass is 16.5. The molecule has 0 amide bonds. The van der Waals surface area contributed by atoms with Gasteiger partial charge in [-0.3, -0.25) is 0 Å². The van der Waals surface area contributed by atoms with E-state index >= 15 is 0 Å². The topological polar surface area (TPSA) is 18.5 Å². The van der Waals surface area contributed by atoms with E-state index in [9.17, 15) is 0 Å². The zero-order valence-electron chi connectivity index (χ0n) is 11.0. The van der Waals surface area contributed by atoms with E-state index in [1.165, 1.54) is 17.5 Å². The SMILES string of the molecule is Cc1cc(C(C)C)ccc1OC[C@H]1CCCO1. The van der Waals surface area contributed by atoms with Crippen molar-refractivity contribution in [3.8, 4) is 5.75 Å². The zero-order chi connectivity index (χ0) is 12.3. The molecule has 1 aromatic carbocycles. The number of hydrogen-bond acceptors (Lipinski definition) is 2. The van der Waals surface area contributed by atoms with Crippen molar-refractivity contribution in [2.75, 3.05) is 13.2 Å². The van der Waals surface area contributed by atoms with Crippen LogP contribution in [0.5, 0.6) is 5.75 Å². The summed E-state index contributed by atoms with van der Waals surface area (Å²) in [5, 5.41) is 0. The van der Waals surface area contributed by atoms with Gasteiger partial charge in [0.05, 0.1) is 6.10 Å². The van der Waals surface area contributed by atoms with Gasteiger partial charge in [-0.25, -0.2) is 0 Å². The average molecular weight is 234 g/mol. The number of aryl methyl sites for hydroxylation is 1. The number of rotatable bonds is 4. The number of benzene rings is 1. The summed E-state index contributed by atoms with van der Waals surface area (Å²) in [7, 11) is 0. The van der Waals surface area contributed by atoms with Gasteiger partial charge in [0.2, 0.25) is 0 Å². The van der Waals surface area contributed by atoms with E-state index in [0.717, 1.165) is 18.8 Å². The van der Waals surface area contributed by atoms with Gasteiger partial charge in [0.25, 0.3) is 0 Å². The number of ether oxygens (including phenoxy) is 2. The molecule has 17 heavy (non-hydrogen) atoms. The lowest BCUT2D eigenvalue weighted by atomic mass is 10.0. The minimum atomic E-state index is 0.291. The first-order chi connectivity index (χ1) is 8.16. The first kappa shape index (κ1) is 12.4. The summed E-state index contributed by atoms with van der Waals surface area (Å²) in [6.07, 6.45) is 2.58. The number of hydrogen-bond donors (Lipinski definition) is 0. The molecule has 1 fully saturated rings. The quantitative estimate of drug-likeness (QED) is 0.791. The smallest absolute Gasteiger partial charge is 0.122 e. The van der Waals surface area contributed by atoms with Gasteiger partial charge in [-0.1, -0.05) is 26.0 Å². The van der Waals surface area contributed by atoms with E-state index in [4.69, 9.17) is 9.47 Å². The molecule has 2 heteroatoms. The van der Waals surface area contributed by atoms with Crippen LogP contribution in [0.1, 0.15) is 43.7 Å². The van der Waals surface area contributed by atoms with Crippen molar-refractivity contribution in [1.82, 2.24) is 0 Å². The summed E-state index contributed by atoms with van der Waals surface area (Å²) < 4.78 is 11.4. The van der Waals surface area contributed by atoms with Crippen molar-refractivity contribution in [3.63, 3.8) is 0 Å². The van der Waals surface area contributed by atoms with Gasteiger partial charge in [0.1, 0.15) is 12.4 Å². The summed E-state index contributed by atoms with van der Waals surface area (Å²) >= 11 is 0. The Morgan fingerprint density at radius 1 is 1.41 bits per heavy atom. The lowest BCUT2D eigenvalue weighted by Crippen LogP contribution is -2.16. The maximum absolute atomic E-state index is 5.83. The first-order valence-corrected chi connectivity index (χ1v) is 6.52. The highest BCUT2D eigenvalue weighted by Crippen LogP contribution is 2.24. The Hall–Kier alpha value is -1.02. The molecule has 1 heterocycles. The molecule has 1 aliphatic rings. The Bertz CT molecular complexity index is 365. The fourth-order valence-corrected chi connectivity index (χ4v) is 2.15. The maximum Gasteiger partial charge on any atom is 0.122 e. The van der Waals surface area contributed by atoms with Crippen molar-refractivity contribution in [2.24, 2.45) is 0 Å². The van der Waals surface area contributed by atoms with E-state index < -0.39 is 0 Å². The standard InChI is InChI=1S/C15H22O2/c1-11(2)13-6-7-15(12(3)9-13)17-10-14-5-4-8-16-14/h6-7,9,11,14H,4-5,8,10H2,1-3H3/t14-/m1/s1. The van der Waals surface area contributed by atoms with E-state index in [1.54, 1.807) is 0 Å². The van der Waals surface area contributed by atoms with Crippen LogP contribution in [0.25, 0.3) is 0 Å². The van der Waals surface area contributed by atoms with Crippen molar-refractivity contribution < 1.29 is 9.47 Å². The Kier molecular flexibility index (Phi) is 4.06. The minimum Gasteiger partial charge on any atom is -0.491 e. The molecule has 0 spiro atoms. The van der Waals surface area contributed by atoms with Crippen LogP contribution in [0.2, 0.25) is 0 Å². The second-order valence-corrected chi connectivity index (χ2v) is 5.13. The highest BCUT2D eigenvalue weighted by molar-refractivity contribution is 5.37. The third-order valence-corrected chi connectivity index (χ3v) is 3.31.